The maximum absolute atomic E-state index is 12.4. The van der Waals surface area contributed by atoms with E-state index in [1.807, 2.05) is 0 Å². The summed E-state index contributed by atoms with van der Waals surface area (Å²) in [6.07, 6.45) is -2.45. The second-order valence-corrected chi connectivity index (χ2v) is 4.59. The average Bonchev–Trinajstić information content (AvgIpc) is 2.75. The smallest absolute Gasteiger partial charge is 0.347 e. The number of carbonyl (C=O) groups excluding carboxylic acids is 1. The summed E-state index contributed by atoms with van der Waals surface area (Å²) in [6.45, 7) is 0.119. The molecule has 2 N–H and O–H groups in total. The number of piperidine rings is 1. The van der Waals surface area contributed by atoms with Crippen molar-refractivity contribution in [2.24, 2.45) is 7.05 Å². The van der Waals surface area contributed by atoms with Crippen molar-refractivity contribution in [3.63, 3.8) is 0 Å². The minimum atomic E-state index is -4.23. The van der Waals surface area contributed by atoms with E-state index in [2.05, 4.69) is 15.7 Å². The molecule has 2 rings (SSSR count). The zero-order chi connectivity index (χ0) is 14.0. The van der Waals surface area contributed by atoms with Crippen molar-refractivity contribution in [1.29, 1.82) is 0 Å². The number of nitrogens with one attached hydrogen (secondary N) is 2. The molecule has 2 heterocycles. The number of aryl methyl sites for hydroxylation is 1. The number of aromatic nitrogens is 2. The first-order valence-electron chi connectivity index (χ1n) is 5.97. The van der Waals surface area contributed by atoms with Crippen molar-refractivity contribution in [1.82, 2.24) is 20.4 Å². The zero-order valence-electron chi connectivity index (χ0n) is 10.4. The van der Waals surface area contributed by atoms with Gasteiger partial charge in [-0.1, -0.05) is 0 Å². The second-order valence-electron chi connectivity index (χ2n) is 4.59. The summed E-state index contributed by atoms with van der Waals surface area (Å²) >= 11 is 0. The van der Waals surface area contributed by atoms with Gasteiger partial charge in [0.05, 0.1) is 0 Å². The van der Waals surface area contributed by atoms with Crippen LogP contribution in [0.1, 0.15) is 23.3 Å². The van der Waals surface area contributed by atoms with Crippen LogP contribution in [0.5, 0.6) is 0 Å². The largest absolute Gasteiger partial charge is 0.403 e. The molecule has 0 radical (unpaired) electrons. The first-order valence-corrected chi connectivity index (χ1v) is 5.97. The first kappa shape index (κ1) is 13.9. The molecule has 0 aliphatic carbocycles. The number of halogens is 3. The summed E-state index contributed by atoms with van der Waals surface area (Å²) in [5.41, 5.74) is 0.387. The van der Waals surface area contributed by atoms with E-state index in [4.69, 9.17) is 0 Å². The van der Waals surface area contributed by atoms with Crippen LogP contribution < -0.4 is 10.6 Å². The van der Waals surface area contributed by atoms with E-state index in [0.29, 0.717) is 12.1 Å². The van der Waals surface area contributed by atoms with Crippen LogP contribution in [0, 0.1) is 0 Å². The molecule has 5 nitrogen and oxygen atoms in total. The second kappa shape index (κ2) is 5.20. The van der Waals surface area contributed by atoms with Crippen molar-refractivity contribution in [2.75, 3.05) is 6.54 Å². The molecular weight excluding hydrogens is 261 g/mol. The fourth-order valence-corrected chi connectivity index (χ4v) is 2.12. The molecule has 2 unspecified atom stereocenters. The SMILES string of the molecule is Cn1nccc1C(=O)NC1CCC(C(F)(F)F)NC1. The van der Waals surface area contributed by atoms with Crippen LogP contribution in [0.2, 0.25) is 0 Å². The lowest BCUT2D eigenvalue weighted by Gasteiger charge is -2.31. The minimum absolute atomic E-state index is 0.0279. The van der Waals surface area contributed by atoms with Gasteiger partial charge in [-0.15, -0.1) is 0 Å². The van der Waals surface area contributed by atoms with Gasteiger partial charge in [-0.3, -0.25) is 9.48 Å². The Morgan fingerprint density at radius 3 is 2.74 bits per heavy atom. The number of alkyl halides is 3. The average molecular weight is 276 g/mol. The molecule has 1 amide bonds. The maximum Gasteiger partial charge on any atom is 0.403 e. The number of amides is 1. The van der Waals surface area contributed by atoms with E-state index in [-0.39, 0.29) is 24.9 Å². The third kappa shape index (κ3) is 3.25. The molecule has 106 valence electrons. The molecule has 1 saturated heterocycles. The first-order chi connectivity index (χ1) is 8.88. The summed E-state index contributed by atoms with van der Waals surface area (Å²) in [7, 11) is 1.63. The number of hydrogen-bond donors (Lipinski definition) is 2. The number of rotatable bonds is 2. The quantitative estimate of drug-likeness (QED) is 0.841. The minimum Gasteiger partial charge on any atom is -0.347 e. The molecule has 0 bridgehead atoms. The Morgan fingerprint density at radius 2 is 2.26 bits per heavy atom. The molecule has 19 heavy (non-hydrogen) atoms. The lowest BCUT2D eigenvalue weighted by atomic mass is 10.0. The van der Waals surface area contributed by atoms with E-state index in [9.17, 15) is 18.0 Å². The molecule has 0 aromatic carbocycles. The predicted molar refractivity (Wildman–Crippen MR) is 61.5 cm³/mol. The van der Waals surface area contributed by atoms with Gasteiger partial charge in [0.15, 0.2) is 0 Å². The van der Waals surface area contributed by atoms with Gasteiger partial charge in [-0.25, -0.2) is 0 Å². The number of nitrogens with zero attached hydrogens (tertiary/aromatic N) is 2. The van der Waals surface area contributed by atoms with Crippen LogP contribution >= 0.6 is 0 Å². The Morgan fingerprint density at radius 1 is 1.53 bits per heavy atom. The predicted octanol–water partition coefficient (Wildman–Crippen LogP) is 0.833. The summed E-state index contributed by atoms with van der Waals surface area (Å²) < 4.78 is 38.8. The highest BCUT2D eigenvalue weighted by Crippen LogP contribution is 2.26. The highest BCUT2D eigenvalue weighted by Gasteiger charge is 2.41. The van der Waals surface area contributed by atoms with Crippen LogP contribution in [0.25, 0.3) is 0 Å². The molecule has 0 saturated carbocycles. The Kier molecular flexibility index (Phi) is 3.79. The Bertz CT molecular complexity index is 449. The van der Waals surface area contributed by atoms with Crippen molar-refractivity contribution >= 4 is 5.91 Å². The van der Waals surface area contributed by atoms with E-state index in [0.717, 1.165) is 0 Å². The van der Waals surface area contributed by atoms with Gasteiger partial charge in [0.1, 0.15) is 11.7 Å². The monoisotopic (exact) mass is 276 g/mol. The number of hydrogen-bond acceptors (Lipinski definition) is 3. The number of carbonyl (C=O) groups is 1. The molecule has 1 aliphatic rings. The highest BCUT2D eigenvalue weighted by atomic mass is 19.4. The Hall–Kier alpha value is -1.57. The van der Waals surface area contributed by atoms with Crippen LogP contribution in [0.3, 0.4) is 0 Å². The lowest BCUT2D eigenvalue weighted by Crippen LogP contribution is -2.54. The van der Waals surface area contributed by atoms with Gasteiger partial charge in [-0.05, 0) is 18.9 Å². The van der Waals surface area contributed by atoms with Crippen LogP contribution in [0.15, 0.2) is 12.3 Å². The third-order valence-corrected chi connectivity index (χ3v) is 3.20. The summed E-state index contributed by atoms with van der Waals surface area (Å²) in [5.74, 6) is -0.322. The van der Waals surface area contributed by atoms with Gasteiger partial charge < -0.3 is 10.6 Å². The molecular formula is C11H15F3N4O. The van der Waals surface area contributed by atoms with Gasteiger partial charge in [0.25, 0.3) is 5.91 Å². The van der Waals surface area contributed by atoms with Gasteiger partial charge in [0.2, 0.25) is 0 Å². The normalized spacial score (nSPS) is 24.2. The Labute approximate surface area is 108 Å². The van der Waals surface area contributed by atoms with Gasteiger partial charge >= 0.3 is 6.18 Å². The maximum atomic E-state index is 12.4. The van der Waals surface area contributed by atoms with Gasteiger partial charge in [0, 0.05) is 25.8 Å². The van der Waals surface area contributed by atoms with Crippen molar-refractivity contribution in [3.05, 3.63) is 18.0 Å². The lowest BCUT2D eigenvalue weighted by molar-refractivity contribution is -0.160. The van der Waals surface area contributed by atoms with Gasteiger partial charge in [-0.2, -0.15) is 18.3 Å². The summed E-state index contributed by atoms with van der Waals surface area (Å²) in [4.78, 5) is 11.9. The Balaban J connectivity index is 1.86. The van der Waals surface area contributed by atoms with Crippen LogP contribution in [-0.4, -0.2) is 40.5 Å². The fraction of sp³-hybridized carbons (Fsp3) is 0.636. The summed E-state index contributed by atoms with van der Waals surface area (Å²) in [5, 5.41) is 8.98. The van der Waals surface area contributed by atoms with Crippen molar-refractivity contribution in [2.45, 2.75) is 31.1 Å². The fourth-order valence-electron chi connectivity index (χ4n) is 2.12. The van der Waals surface area contributed by atoms with E-state index >= 15 is 0 Å². The topological polar surface area (TPSA) is 59.0 Å². The summed E-state index contributed by atoms with van der Waals surface area (Å²) in [6, 6.07) is -0.206. The van der Waals surface area contributed by atoms with Crippen molar-refractivity contribution < 1.29 is 18.0 Å². The molecule has 1 aromatic rings. The van der Waals surface area contributed by atoms with E-state index in [1.54, 1.807) is 13.1 Å². The zero-order valence-corrected chi connectivity index (χ0v) is 10.4. The standard InChI is InChI=1S/C11H15F3N4O/c1-18-8(4-5-16-18)10(19)17-7-2-3-9(15-6-7)11(12,13)14/h4-5,7,9,15H,2-3,6H2,1H3,(H,17,19). The molecule has 1 aliphatic heterocycles. The molecule has 2 atom stereocenters. The van der Waals surface area contributed by atoms with Crippen LogP contribution in [0.4, 0.5) is 13.2 Å². The molecule has 8 heteroatoms. The molecule has 1 fully saturated rings. The molecule has 1 aromatic heterocycles. The third-order valence-electron chi connectivity index (χ3n) is 3.20. The van der Waals surface area contributed by atoms with Crippen LogP contribution in [-0.2, 0) is 7.05 Å². The molecule has 0 spiro atoms. The highest BCUT2D eigenvalue weighted by molar-refractivity contribution is 5.92. The van der Waals surface area contributed by atoms with E-state index in [1.165, 1.54) is 10.9 Å². The van der Waals surface area contributed by atoms with Crippen molar-refractivity contribution in [3.8, 4) is 0 Å². The van der Waals surface area contributed by atoms with E-state index < -0.39 is 12.2 Å².